The molecule has 0 aliphatic carbocycles. The molecule has 0 unspecified atom stereocenters. The minimum absolute atomic E-state index is 0.201. The molecule has 1 aromatic carbocycles. The quantitative estimate of drug-likeness (QED) is 0.800. The van der Waals surface area contributed by atoms with Gasteiger partial charge in [0.15, 0.2) is 5.82 Å². The molecule has 4 rings (SSSR count). The van der Waals surface area contributed by atoms with Gasteiger partial charge in [0.2, 0.25) is 5.91 Å². The highest BCUT2D eigenvalue weighted by Gasteiger charge is 2.22. The van der Waals surface area contributed by atoms with Gasteiger partial charge in [0.05, 0.1) is 31.5 Å². The summed E-state index contributed by atoms with van der Waals surface area (Å²) < 4.78 is 5.41. The zero-order chi connectivity index (χ0) is 19.3. The molecule has 0 N–H and O–H groups in total. The molecule has 0 radical (unpaired) electrons. The Kier molecular flexibility index (Phi) is 5.71. The van der Waals surface area contributed by atoms with Crippen molar-refractivity contribution >= 4 is 17.4 Å². The summed E-state index contributed by atoms with van der Waals surface area (Å²) in [4.78, 5) is 19.1. The van der Waals surface area contributed by atoms with Gasteiger partial charge in [-0.25, -0.2) is 0 Å². The van der Waals surface area contributed by atoms with Crippen LogP contribution in [0.2, 0.25) is 0 Å². The fourth-order valence-electron chi connectivity index (χ4n) is 3.79. The summed E-state index contributed by atoms with van der Waals surface area (Å²) in [5.74, 6) is 1.10. The molecule has 28 heavy (non-hydrogen) atoms. The van der Waals surface area contributed by atoms with E-state index >= 15 is 0 Å². The summed E-state index contributed by atoms with van der Waals surface area (Å²) in [5, 5.41) is 8.48. The van der Waals surface area contributed by atoms with Gasteiger partial charge in [0.25, 0.3) is 0 Å². The number of piperazine rings is 1. The Labute approximate surface area is 165 Å². The standard InChI is InChI=1S/C21H27N5O2/c1-17-3-2-4-18(13-17)14-21(27)26-7-5-24(6-8-26)19-15-20(23-22-16-19)25-9-11-28-12-10-25/h2-4,13,15-16H,5-12,14H2,1H3. The smallest absolute Gasteiger partial charge is 0.227 e. The van der Waals surface area contributed by atoms with Crippen LogP contribution in [0.15, 0.2) is 36.5 Å². The maximum Gasteiger partial charge on any atom is 0.227 e. The zero-order valence-corrected chi connectivity index (χ0v) is 16.4. The molecule has 0 bridgehead atoms. The monoisotopic (exact) mass is 381 g/mol. The number of amides is 1. The van der Waals surface area contributed by atoms with Crippen LogP contribution in [0, 0.1) is 6.92 Å². The van der Waals surface area contributed by atoms with Gasteiger partial charge in [-0.15, -0.1) is 5.10 Å². The molecular formula is C21H27N5O2. The van der Waals surface area contributed by atoms with Gasteiger partial charge in [0, 0.05) is 45.3 Å². The number of aromatic nitrogens is 2. The molecule has 0 atom stereocenters. The lowest BCUT2D eigenvalue weighted by molar-refractivity contribution is -0.130. The van der Waals surface area contributed by atoms with Crippen LogP contribution in [-0.2, 0) is 16.0 Å². The van der Waals surface area contributed by atoms with Crippen LogP contribution in [0.3, 0.4) is 0 Å². The summed E-state index contributed by atoms with van der Waals surface area (Å²) in [7, 11) is 0. The van der Waals surface area contributed by atoms with Gasteiger partial charge >= 0.3 is 0 Å². The Morgan fingerprint density at radius 1 is 1.04 bits per heavy atom. The number of ether oxygens (including phenoxy) is 1. The van der Waals surface area contributed by atoms with Crippen LogP contribution in [0.25, 0.3) is 0 Å². The number of morpholine rings is 1. The van der Waals surface area contributed by atoms with E-state index in [4.69, 9.17) is 4.74 Å². The highest BCUT2D eigenvalue weighted by atomic mass is 16.5. The Balaban J connectivity index is 1.34. The summed E-state index contributed by atoms with van der Waals surface area (Å²) in [5.41, 5.74) is 3.35. The molecule has 2 aliphatic heterocycles. The van der Waals surface area contributed by atoms with Crippen molar-refractivity contribution in [2.45, 2.75) is 13.3 Å². The summed E-state index contributed by atoms with van der Waals surface area (Å²) >= 11 is 0. The van der Waals surface area contributed by atoms with Crippen molar-refractivity contribution in [1.82, 2.24) is 15.1 Å². The predicted octanol–water partition coefficient (Wildman–Crippen LogP) is 1.51. The average molecular weight is 381 g/mol. The number of hydrogen-bond donors (Lipinski definition) is 0. The lowest BCUT2D eigenvalue weighted by Crippen LogP contribution is -2.49. The zero-order valence-electron chi connectivity index (χ0n) is 16.4. The minimum atomic E-state index is 0.201. The third kappa shape index (κ3) is 4.42. The van der Waals surface area contributed by atoms with Crippen molar-refractivity contribution in [3.63, 3.8) is 0 Å². The Hall–Kier alpha value is -2.67. The number of aryl methyl sites for hydroxylation is 1. The molecule has 2 aliphatic rings. The maximum atomic E-state index is 12.6. The van der Waals surface area contributed by atoms with Crippen molar-refractivity contribution in [1.29, 1.82) is 0 Å². The molecule has 0 spiro atoms. The SMILES string of the molecule is Cc1cccc(CC(=O)N2CCN(c3cnnc(N4CCOCC4)c3)CC2)c1. The number of anilines is 2. The first-order valence-electron chi connectivity index (χ1n) is 9.93. The third-order valence-electron chi connectivity index (χ3n) is 5.40. The average Bonchev–Trinajstić information content (AvgIpc) is 2.75. The molecule has 0 saturated carbocycles. The van der Waals surface area contributed by atoms with Crippen LogP contribution < -0.4 is 9.80 Å². The van der Waals surface area contributed by atoms with Crippen molar-refractivity contribution < 1.29 is 9.53 Å². The second-order valence-corrected chi connectivity index (χ2v) is 7.41. The summed E-state index contributed by atoms with van der Waals surface area (Å²) in [6, 6.07) is 10.3. The van der Waals surface area contributed by atoms with E-state index in [0.29, 0.717) is 6.42 Å². The molecular weight excluding hydrogens is 354 g/mol. The van der Waals surface area contributed by atoms with Gasteiger partial charge < -0.3 is 19.4 Å². The molecule has 7 nitrogen and oxygen atoms in total. The van der Waals surface area contributed by atoms with Crippen molar-refractivity contribution in [3.05, 3.63) is 47.7 Å². The van der Waals surface area contributed by atoms with Crippen molar-refractivity contribution in [2.75, 3.05) is 62.3 Å². The van der Waals surface area contributed by atoms with Crippen molar-refractivity contribution in [3.8, 4) is 0 Å². The molecule has 7 heteroatoms. The minimum Gasteiger partial charge on any atom is -0.378 e. The predicted molar refractivity (Wildman–Crippen MR) is 109 cm³/mol. The lowest BCUT2D eigenvalue weighted by Gasteiger charge is -2.36. The second-order valence-electron chi connectivity index (χ2n) is 7.41. The van der Waals surface area contributed by atoms with E-state index in [1.54, 1.807) is 0 Å². The Morgan fingerprint density at radius 2 is 1.82 bits per heavy atom. The second kappa shape index (κ2) is 8.56. The van der Waals surface area contributed by atoms with Gasteiger partial charge in [-0.2, -0.15) is 5.10 Å². The first-order valence-corrected chi connectivity index (χ1v) is 9.93. The van der Waals surface area contributed by atoms with Crippen LogP contribution in [-0.4, -0.2) is 73.5 Å². The lowest BCUT2D eigenvalue weighted by atomic mass is 10.1. The van der Waals surface area contributed by atoms with Crippen molar-refractivity contribution in [2.24, 2.45) is 0 Å². The summed E-state index contributed by atoms with van der Waals surface area (Å²) in [6.45, 7) is 8.31. The highest BCUT2D eigenvalue weighted by Crippen LogP contribution is 2.21. The van der Waals surface area contributed by atoms with Gasteiger partial charge in [-0.3, -0.25) is 4.79 Å². The Morgan fingerprint density at radius 3 is 2.57 bits per heavy atom. The van der Waals surface area contributed by atoms with Gasteiger partial charge in [0.1, 0.15) is 0 Å². The molecule has 2 aromatic rings. The number of benzene rings is 1. The maximum absolute atomic E-state index is 12.6. The third-order valence-corrected chi connectivity index (χ3v) is 5.40. The van der Waals surface area contributed by atoms with Crippen LogP contribution in [0.4, 0.5) is 11.5 Å². The molecule has 1 aromatic heterocycles. The number of carbonyl (C=O) groups is 1. The molecule has 148 valence electrons. The van der Waals surface area contributed by atoms with Gasteiger partial charge in [-0.1, -0.05) is 29.8 Å². The van der Waals surface area contributed by atoms with E-state index < -0.39 is 0 Å². The number of rotatable bonds is 4. The number of hydrogen-bond acceptors (Lipinski definition) is 6. The molecule has 2 fully saturated rings. The number of carbonyl (C=O) groups excluding carboxylic acids is 1. The molecule has 2 saturated heterocycles. The first-order chi connectivity index (χ1) is 13.7. The van der Waals surface area contributed by atoms with E-state index in [9.17, 15) is 4.79 Å². The normalized spacial score (nSPS) is 17.7. The van der Waals surface area contributed by atoms with Crippen LogP contribution >= 0.6 is 0 Å². The van der Waals surface area contributed by atoms with E-state index in [1.165, 1.54) is 5.56 Å². The van der Waals surface area contributed by atoms with Crippen LogP contribution in [0.1, 0.15) is 11.1 Å². The molecule has 1 amide bonds. The molecule has 3 heterocycles. The Bertz CT molecular complexity index is 814. The fraction of sp³-hybridized carbons (Fsp3) is 0.476. The fourth-order valence-corrected chi connectivity index (χ4v) is 3.79. The van der Waals surface area contributed by atoms with E-state index in [2.05, 4.69) is 45.1 Å². The van der Waals surface area contributed by atoms with E-state index in [-0.39, 0.29) is 5.91 Å². The van der Waals surface area contributed by atoms with E-state index in [1.807, 2.05) is 23.2 Å². The van der Waals surface area contributed by atoms with E-state index in [0.717, 1.165) is 69.6 Å². The largest absolute Gasteiger partial charge is 0.378 e. The topological polar surface area (TPSA) is 61.8 Å². The van der Waals surface area contributed by atoms with Gasteiger partial charge in [-0.05, 0) is 12.5 Å². The first kappa shape index (κ1) is 18.7. The highest BCUT2D eigenvalue weighted by molar-refractivity contribution is 5.79. The summed E-state index contributed by atoms with van der Waals surface area (Å²) in [6.07, 6.45) is 2.29. The number of nitrogens with zero attached hydrogens (tertiary/aromatic N) is 5. The van der Waals surface area contributed by atoms with Crippen LogP contribution in [0.5, 0.6) is 0 Å².